The molecule has 0 N–H and O–H groups in total. The van der Waals surface area contributed by atoms with Crippen LogP contribution in [0.1, 0.15) is 232 Å². The van der Waals surface area contributed by atoms with Crippen molar-refractivity contribution >= 4 is 5.97 Å². The van der Waals surface area contributed by atoms with Gasteiger partial charge in [0.05, 0.1) is 33.8 Å². The van der Waals surface area contributed by atoms with E-state index in [0.717, 1.165) is 17.3 Å². The SMILES string of the molecule is CCCCCCCCCCCCCCCCCC(=O)OCCCCCC[N+](C)(C)CCCCCCCCCCCCCCCC.[Cl-]. The van der Waals surface area contributed by atoms with E-state index in [4.69, 9.17) is 4.74 Å². The molecule has 0 aromatic heterocycles. The van der Waals surface area contributed by atoms with Crippen LogP contribution in [0.5, 0.6) is 0 Å². The number of esters is 1. The van der Waals surface area contributed by atoms with Gasteiger partial charge in [-0.3, -0.25) is 4.79 Å². The number of rotatable bonds is 38. The third kappa shape index (κ3) is 39.9. The standard InChI is InChI=1S/C42H86NO2.ClH/c1-5-7-9-11-13-15-17-19-21-22-24-26-28-30-34-38-42(44)45-41-37-33-32-36-40-43(3,4)39-35-31-29-27-25-23-20-18-16-14-12-10-8-6-2;/h5-41H2,1-4H3;1H/q+1;/p-1. The molecule has 4 heteroatoms. The number of hydrogen-bond donors (Lipinski definition) is 0. The summed E-state index contributed by atoms with van der Waals surface area (Å²) >= 11 is 0. The summed E-state index contributed by atoms with van der Waals surface area (Å²) in [6, 6.07) is 0. The molecule has 0 aromatic carbocycles. The molecule has 0 spiro atoms. The van der Waals surface area contributed by atoms with Gasteiger partial charge in [0.1, 0.15) is 0 Å². The highest BCUT2D eigenvalue weighted by molar-refractivity contribution is 5.69. The fraction of sp³-hybridized carbons (Fsp3) is 0.976. The molecule has 0 aliphatic carbocycles. The van der Waals surface area contributed by atoms with E-state index in [-0.39, 0.29) is 18.4 Å². The van der Waals surface area contributed by atoms with E-state index in [0.29, 0.717) is 13.0 Å². The fourth-order valence-corrected chi connectivity index (χ4v) is 6.74. The molecule has 0 atom stereocenters. The van der Waals surface area contributed by atoms with Crippen LogP contribution in [-0.2, 0) is 9.53 Å². The van der Waals surface area contributed by atoms with Crippen molar-refractivity contribution in [3.8, 4) is 0 Å². The minimum Gasteiger partial charge on any atom is -1.00 e. The van der Waals surface area contributed by atoms with Gasteiger partial charge in [-0.05, 0) is 44.9 Å². The van der Waals surface area contributed by atoms with Gasteiger partial charge in [0.25, 0.3) is 0 Å². The molecular formula is C42H86ClNO2. The topological polar surface area (TPSA) is 26.3 Å². The largest absolute Gasteiger partial charge is 1.00 e. The Kier molecular flexibility index (Phi) is 40.7. The predicted molar refractivity (Wildman–Crippen MR) is 201 cm³/mol. The van der Waals surface area contributed by atoms with Crippen molar-refractivity contribution in [2.24, 2.45) is 0 Å². The van der Waals surface area contributed by atoms with Crippen molar-refractivity contribution in [2.75, 3.05) is 33.8 Å². The quantitative estimate of drug-likeness (QED) is 0.0371. The summed E-state index contributed by atoms with van der Waals surface area (Å²) < 4.78 is 6.66. The van der Waals surface area contributed by atoms with Gasteiger partial charge in [-0.25, -0.2) is 0 Å². The van der Waals surface area contributed by atoms with E-state index in [9.17, 15) is 4.79 Å². The molecule has 0 radical (unpaired) electrons. The van der Waals surface area contributed by atoms with Gasteiger partial charge in [-0.2, -0.15) is 0 Å². The molecule has 0 aliphatic heterocycles. The van der Waals surface area contributed by atoms with E-state index in [1.807, 2.05) is 0 Å². The summed E-state index contributed by atoms with van der Waals surface area (Å²) in [5.74, 6) is 0.0238. The first kappa shape index (κ1) is 47.8. The second kappa shape index (κ2) is 39.2. The van der Waals surface area contributed by atoms with Crippen LogP contribution in [0.4, 0.5) is 0 Å². The number of unbranched alkanes of at least 4 members (excludes halogenated alkanes) is 30. The van der Waals surface area contributed by atoms with Gasteiger partial charge in [-0.15, -0.1) is 0 Å². The summed E-state index contributed by atoms with van der Waals surface area (Å²) in [6.45, 7) is 7.80. The summed E-state index contributed by atoms with van der Waals surface area (Å²) in [7, 11) is 4.81. The van der Waals surface area contributed by atoms with Crippen LogP contribution in [-0.4, -0.2) is 44.2 Å². The van der Waals surface area contributed by atoms with E-state index in [2.05, 4.69) is 27.9 Å². The van der Waals surface area contributed by atoms with Gasteiger partial charge in [0, 0.05) is 6.42 Å². The van der Waals surface area contributed by atoms with Crippen LogP contribution >= 0.6 is 0 Å². The normalized spacial score (nSPS) is 11.6. The number of quaternary nitrogens is 1. The van der Waals surface area contributed by atoms with E-state index in [1.54, 1.807) is 0 Å². The van der Waals surface area contributed by atoms with Gasteiger partial charge in [0.2, 0.25) is 0 Å². The number of halogens is 1. The third-order valence-electron chi connectivity index (χ3n) is 10.0. The van der Waals surface area contributed by atoms with Gasteiger partial charge < -0.3 is 21.6 Å². The summed E-state index contributed by atoms with van der Waals surface area (Å²) in [5, 5.41) is 0. The monoisotopic (exact) mass is 672 g/mol. The second-order valence-electron chi connectivity index (χ2n) is 15.3. The van der Waals surface area contributed by atoms with Gasteiger partial charge >= 0.3 is 5.97 Å². The van der Waals surface area contributed by atoms with Crippen molar-refractivity contribution < 1.29 is 26.4 Å². The van der Waals surface area contributed by atoms with Crippen molar-refractivity contribution in [2.45, 2.75) is 232 Å². The lowest BCUT2D eigenvalue weighted by atomic mass is 10.0. The molecular weight excluding hydrogens is 586 g/mol. The molecule has 0 bridgehead atoms. The molecule has 46 heavy (non-hydrogen) atoms. The zero-order valence-electron chi connectivity index (χ0n) is 32.3. The molecule has 0 saturated carbocycles. The molecule has 0 heterocycles. The Labute approximate surface area is 297 Å². The predicted octanol–water partition coefficient (Wildman–Crippen LogP) is 10.9. The highest BCUT2D eigenvalue weighted by atomic mass is 35.5. The Bertz CT molecular complexity index is 582. The molecule has 0 aromatic rings. The van der Waals surface area contributed by atoms with Crippen molar-refractivity contribution in [3.05, 3.63) is 0 Å². The van der Waals surface area contributed by atoms with Crippen molar-refractivity contribution in [1.82, 2.24) is 0 Å². The highest BCUT2D eigenvalue weighted by Gasteiger charge is 2.13. The summed E-state index contributed by atoms with van der Waals surface area (Å²) in [6.07, 6.45) is 45.8. The Hall–Kier alpha value is -0.280. The maximum absolute atomic E-state index is 12.0. The van der Waals surface area contributed by atoms with Crippen LogP contribution in [0, 0.1) is 0 Å². The van der Waals surface area contributed by atoms with Crippen LogP contribution in [0.25, 0.3) is 0 Å². The van der Waals surface area contributed by atoms with Crippen molar-refractivity contribution in [3.63, 3.8) is 0 Å². The van der Waals surface area contributed by atoms with Crippen LogP contribution in [0.2, 0.25) is 0 Å². The lowest BCUT2D eigenvalue weighted by Gasteiger charge is -2.30. The number of hydrogen-bond acceptors (Lipinski definition) is 2. The molecule has 0 saturated heterocycles. The zero-order chi connectivity index (χ0) is 32.9. The molecule has 3 nitrogen and oxygen atoms in total. The van der Waals surface area contributed by atoms with Gasteiger partial charge in [0.15, 0.2) is 0 Å². The third-order valence-corrected chi connectivity index (χ3v) is 10.0. The van der Waals surface area contributed by atoms with Crippen LogP contribution in [0.15, 0.2) is 0 Å². The fourth-order valence-electron chi connectivity index (χ4n) is 6.74. The second-order valence-corrected chi connectivity index (χ2v) is 15.3. The molecule has 0 aliphatic rings. The Morgan fingerprint density at radius 3 is 0.978 bits per heavy atom. The Balaban J connectivity index is 0. The summed E-state index contributed by atoms with van der Waals surface area (Å²) in [4.78, 5) is 12.0. The van der Waals surface area contributed by atoms with E-state index >= 15 is 0 Å². The average molecular weight is 673 g/mol. The Morgan fingerprint density at radius 2 is 0.652 bits per heavy atom. The number of carbonyl (C=O) groups is 1. The van der Waals surface area contributed by atoms with Crippen LogP contribution < -0.4 is 12.4 Å². The molecule has 0 rings (SSSR count). The van der Waals surface area contributed by atoms with E-state index < -0.39 is 0 Å². The number of carbonyl (C=O) groups excluding carboxylic acids is 1. The molecule has 0 fully saturated rings. The first-order valence-corrected chi connectivity index (χ1v) is 21.0. The molecule has 0 unspecified atom stereocenters. The zero-order valence-corrected chi connectivity index (χ0v) is 33.1. The highest BCUT2D eigenvalue weighted by Crippen LogP contribution is 2.16. The maximum atomic E-state index is 12.0. The number of ether oxygens (including phenoxy) is 1. The molecule has 278 valence electrons. The van der Waals surface area contributed by atoms with Gasteiger partial charge in [-0.1, -0.05) is 181 Å². The first-order valence-electron chi connectivity index (χ1n) is 21.0. The Morgan fingerprint density at radius 1 is 0.391 bits per heavy atom. The lowest BCUT2D eigenvalue weighted by molar-refractivity contribution is -0.890. The molecule has 0 amide bonds. The smallest absolute Gasteiger partial charge is 0.305 e. The minimum absolute atomic E-state index is 0. The lowest BCUT2D eigenvalue weighted by Crippen LogP contribution is -3.00. The van der Waals surface area contributed by atoms with E-state index in [1.165, 1.54) is 212 Å². The number of nitrogens with zero attached hydrogens (tertiary/aromatic N) is 1. The van der Waals surface area contributed by atoms with Crippen LogP contribution in [0.3, 0.4) is 0 Å². The first-order chi connectivity index (χ1) is 22.0. The van der Waals surface area contributed by atoms with Crippen molar-refractivity contribution in [1.29, 1.82) is 0 Å². The average Bonchev–Trinajstić information content (AvgIpc) is 3.02. The minimum atomic E-state index is 0. The maximum Gasteiger partial charge on any atom is 0.305 e. The summed E-state index contributed by atoms with van der Waals surface area (Å²) in [5.41, 5.74) is 0.